The standard InChI is InChI=1S/C17H18ClFN2O4S/c1-11(17(22)20-12-8-9-16(25-2)13(18)10-12)21(26(3,23)24)15-7-5-4-6-14(15)19/h4-11H,1-3H3,(H,20,22). The number of anilines is 2. The maximum atomic E-state index is 14.1. The third-order valence-corrected chi connectivity index (χ3v) is 5.12. The smallest absolute Gasteiger partial charge is 0.247 e. The molecular weight excluding hydrogens is 383 g/mol. The van der Waals surface area contributed by atoms with Crippen molar-refractivity contribution >= 4 is 38.9 Å². The van der Waals surface area contributed by atoms with Crippen molar-refractivity contribution in [2.24, 2.45) is 0 Å². The molecule has 0 aromatic heterocycles. The fraction of sp³-hybridized carbons (Fsp3) is 0.235. The lowest BCUT2D eigenvalue weighted by atomic mass is 10.2. The van der Waals surface area contributed by atoms with Crippen molar-refractivity contribution in [1.29, 1.82) is 0 Å². The van der Waals surface area contributed by atoms with Gasteiger partial charge in [0.05, 0.1) is 24.1 Å². The van der Waals surface area contributed by atoms with Crippen LogP contribution in [0.25, 0.3) is 0 Å². The highest BCUT2D eigenvalue weighted by atomic mass is 35.5. The molecule has 0 bridgehead atoms. The van der Waals surface area contributed by atoms with Gasteiger partial charge in [-0.15, -0.1) is 0 Å². The average molecular weight is 401 g/mol. The average Bonchev–Trinajstić information content (AvgIpc) is 2.55. The molecule has 1 unspecified atom stereocenters. The third-order valence-electron chi connectivity index (χ3n) is 3.60. The van der Waals surface area contributed by atoms with E-state index in [1.807, 2.05) is 0 Å². The Morgan fingerprint density at radius 3 is 2.46 bits per heavy atom. The first-order valence-corrected chi connectivity index (χ1v) is 9.76. The highest BCUT2D eigenvalue weighted by Gasteiger charge is 2.31. The minimum atomic E-state index is -3.91. The van der Waals surface area contributed by atoms with E-state index in [4.69, 9.17) is 16.3 Å². The quantitative estimate of drug-likeness (QED) is 0.807. The zero-order valence-electron chi connectivity index (χ0n) is 14.4. The highest BCUT2D eigenvalue weighted by Crippen LogP contribution is 2.28. The summed E-state index contributed by atoms with van der Waals surface area (Å²) in [6.45, 7) is 1.37. The maximum Gasteiger partial charge on any atom is 0.247 e. The highest BCUT2D eigenvalue weighted by molar-refractivity contribution is 7.92. The summed E-state index contributed by atoms with van der Waals surface area (Å²) in [6, 6.07) is 8.75. The SMILES string of the molecule is COc1ccc(NC(=O)C(C)N(c2ccccc2F)S(C)(=O)=O)cc1Cl. The van der Waals surface area contributed by atoms with E-state index in [1.165, 1.54) is 38.3 Å². The normalized spacial score (nSPS) is 12.3. The number of carbonyl (C=O) groups excluding carboxylic acids is 1. The van der Waals surface area contributed by atoms with Gasteiger partial charge in [-0.25, -0.2) is 12.8 Å². The second kappa shape index (κ2) is 7.92. The number of carbonyl (C=O) groups is 1. The van der Waals surface area contributed by atoms with Gasteiger partial charge in [-0.2, -0.15) is 0 Å². The first-order chi connectivity index (χ1) is 12.1. The number of sulfonamides is 1. The molecule has 0 radical (unpaired) electrons. The lowest BCUT2D eigenvalue weighted by molar-refractivity contribution is -0.116. The topological polar surface area (TPSA) is 75.7 Å². The molecule has 0 aliphatic rings. The van der Waals surface area contributed by atoms with Crippen LogP contribution in [-0.2, 0) is 14.8 Å². The summed E-state index contributed by atoms with van der Waals surface area (Å²) in [5.74, 6) is -0.952. The number of methoxy groups -OCH3 is 1. The number of amides is 1. The van der Waals surface area contributed by atoms with E-state index in [0.29, 0.717) is 11.4 Å². The Labute approximate surface area is 156 Å². The van der Waals surface area contributed by atoms with Gasteiger partial charge in [-0.3, -0.25) is 9.10 Å². The van der Waals surface area contributed by atoms with E-state index in [-0.39, 0.29) is 10.7 Å². The Balaban J connectivity index is 2.31. The van der Waals surface area contributed by atoms with Gasteiger partial charge < -0.3 is 10.1 Å². The maximum absolute atomic E-state index is 14.1. The van der Waals surface area contributed by atoms with Crippen LogP contribution in [0.3, 0.4) is 0 Å². The van der Waals surface area contributed by atoms with Crippen molar-refractivity contribution < 1.29 is 22.3 Å². The van der Waals surface area contributed by atoms with Crippen molar-refractivity contribution in [3.05, 3.63) is 53.3 Å². The molecule has 1 amide bonds. The summed E-state index contributed by atoms with van der Waals surface area (Å²) >= 11 is 6.01. The lowest BCUT2D eigenvalue weighted by Crippen LogP contribution is -2.45. The minimum absolute atomic E-state index is 0.203. The minimum Gasteiger partial charge on any atom is -0.495 e. The zero-order valence-corrected chi connectivity index (χ0v) is 15.9. The second-order valence-corrected chi connectivity index (χ2v) is 7.79. The zero-order chi connectivity index (χ0) is 19.5. The number of rotatable bonds is 6. The van der Waals surface area contributed by atoms with E-state index < -0.39 is 27.8 Å². The Hall–Kier alpha value is -2.32. The molecule has 0 fully saturated rings. The number of ether oxygens (including phenoxy) is 1. The first kappa shape index (κ1) is 20.0. The molecule has 0 saturated heterocycles. The number of para-hydroxylation sites is 1. The van der Waals surface area contributed by atoms with Crippen LogP contribution in [0.2, 0.25) is 5.02 Å². The molecule has 2 rings (SSSR count). The van der Waals surface area contributed by atoms with E-state index >= 15 is 0 Å². The summed E-state index contributed by atoms with van der Waals surface area (Å²) in [6.07, 6.45) is 0.910. The molecule has 6 nitrogen and oxygen atoms in total. The van der Waals surface area contributed by atoms with Gasteiger partial charge in [0, 0.05) is 5.69 Å². The molecule has 1 atom stereocenters. The van der Waals surface area contributed by atoms with Gasteiger partial charge in [0.2, 0.25) is 15.9 Å². The molecule has 2 aromatic rings. The van der Waals surface area contributed by atoms with Crippen LogP contribution in [0.1, 0.15) is 6.92 Å². The van der Waals surface area contributed by atoms with Crippen LogP contribution in [-0.4, -0.2) is 33.7 Å². The summed E-state index contributed by atoms with van der Waals surface area (Å²) in [5, 5.41) is 2.85. The molecular formula is C17H18ClFN2O4S. The van der Waals surface area contributed by atoms with Crippen molar-refractivity contribution in [2.45, 2.75) is 13.0 Å². The third kappa shape index (κ3) is 4.44. The molecule has 0 spiro atoms. The van der Waals surface area contributed by atoms with E-state index in [2.05, 4.69) is 5.32 Å². The molecule has 0 heterocycles. The Morgan fingerprint density at radius 2 is 1.92 bits per heavy atom. The Morgan fingerprint density at radius 1 is 1.27 bits per heavy atom. The second-order valence-electron chi connectivity index (χ2n) is 5.52. The van der Waals surface area contributed by atoms with Crippen molar-refractivity contribution in [3.8, 4) is 5.75 Å². The van der Waals surface area contributed by atoms with E-state index in [1.54, 1.807) is 12.1 Å². The molecule has 26 heavy (non-hydrogen) atoms. The number of halogens is 2. The van der Waals surface area contributed by atoms with Gasteiger partial charge in [0.15, 0.2) is 0 Å². The van der Waals surface area contributed by atoms with Crippen LogP contribution in [0, 0.1) is 5.82 Å². The van der Waals surface area contributed by atoms with Crippen molar-refractivity contribution in [1.82, 2.24) is 0 Å². The fourth-order valence-electron chi connectivity index (χ4n) is 2.40. The van der Waals surface area contributed by atoms with Crippen LogP contribution < -0.4 is 14.4 Å². The molecule has 140 valence electrons. The number of benzene rings is 2. The number of nitrogens with zero attached hydrogens (tertiary/aromatic N) is 1. The summed E-state index contributed by atoms with van der Waals surface area (Å²) in [5.41, 5.74) is 0.153. The molecule has 9 heteroatoms. The molecule has 0 aliphatic carbocycles. The van der Waals surface area contributed by atoms with Crippen LogP contribution >= 0.6 is 11.6 Å². The van der Waals surface area contributed by atoms with Crippen molar-refractivity contribution in [3.63, 3.8) is 0 Å². The molecule has 0 saturated carbocycles. The molecule has 0 aliphatic heterocycles. The predicted molar refractivity (Wildman–Crippen MR) is 99.8 cm³/mol. The number of hydrogen-bond donors (Lipinski definition) is 1. The van der Waals surface area contributed by atoms with Gasteiger partial charge >= 0.3 is 0 Å². The fourth-order valence-corrected chi connectivity index (χ4v) is 3.84. The molecule has 2 aromatic carbocycles. The van der Waals surface area contributed by atoms with E-state index in [9.17, 15) is 17.6 Å². The van der Waals surface area contributed by atoms with Crippen LogP contribution in [0.4, 0.5) is 15.8 Å². The Bertz CT molecular complexity index is 921. The monoisotopic (exact) mass is 400 g/mol. The van der Waals surface area contributed by atoms with Gasteiger partial charge in [0.1, 0.15) is 17.6 Å². The Kier molecular flexibility index (Phi) is 6.09. The summed E-state index contributed by atoms with van der Waals surface area (Å²) in [7, 11) is -2.45. The first-order valence-electron chi connectivity index (χ1n) is 7.53. The lowest BCUT2D eigenvalue weighted by Gasteiger charge is -2.28. The number of nitrogens with one attached hydrogen (secondary N) is 1. The van der Waals surface area contributed by atoms with Crippen LogP contribution in [0.5, 0.6) is 5.75 Å². The van der Waals surface area contributed by atoms with Crippen LogP contribution in [0.15, 0.2) is 42.5 Å². The van der Waals surface area contributed by atoms with Gasteiger partial charge in [0.25, 0.3) is 0 Å². The van der Waals surface area contributed by atoms with E-state index in [0.717, 1.165) is 16.6 Å². The summed E-state index contributed by atoms with van der Waals surface area (Å²) in [4.78, 5) is 12.5. The van der Waals surface area contributed by atoms with Gasteiger partial charge in [-0.05, 0) is 37.3 Å². The summed E-state index contributed by atoms with van der Waals surface area (Å²) < 4.78 is 44.2. The van der Waals surface area contributed by atoms with Crippen molar-refractivity contribution in [2.75, 3.05) is 23.0 Å². The number of hydrogen-bond acceptors (Lipinski definition) is 4. The predicted octanol–water partition coefficient (Wildman–Crippen LogP) is 3.28. The largest absolute Gasteiger partial charge is 0.495 e. The molecule has 1 N–H and O–H groups in total. The van der Waals surface area contributed by atoms with Gasteiger partial charge in [-0.1, -0.05) is 23.7 Å².